The smallest absolute Gasteiger partial charge is 0.296 e. The summed E-state index contributed by atoms with van der Waals surface area (Å²) in [5.74, 6) is -2.56. The molecule has 1 saturated carbocycles. The average Bonchev–Trinajstić information content (AvgIpc) is 3.54. The minimum Gasteiger partial charge on any atom is -0.483 e. The van der Waals surface area contributed by atoms with Crippen molar-refractivity contribution >= 4 is 11.7 Å². The summed E-state index contributed by atoms with van der Waals surface area (Å²) in [6, 6.07) is 10.3. The molecule has 1 aromatic carbocycles. The number of nitriles is 1. The molecule has 0 bridgehead atoms. The van der Waals surface area contributed by atoms with Gasteiger partial charge in [0.25, 0.3) is 5.92 Å². The van der Waals surface area contributed by atoms with Crippen LogP contribution in [0, 0.1) is 17.2 Å². The second-order valence-corrected chi connectivity index (χ2v) is 8.97. The van der Waals surface area contributed by atoms with Gasteiger partial charge in [-0.3, -0.25) is 9.48 Å². The molecule has 1 saturated heterocycles. The van der Waals surface area contributed by atoms with Gasteiger partial charge >= 0.3 is 0 Å². The summed E-state index contributed by atoms with van der Waals surface area (Å²) in [5.41, 5.74) is 2.62. The summed E-state index contributed by atoms with van der Waals surface area (Å²) in [4.78, 5) is 16.9. The number of carbonyl (C=O) groups excluding carboxylic acids is 1. The lowest BCUT2D eigenvalue weighted by Gasteiger charge is -2.32. The van der Waals surface area contributed by atoms with E-state index < -0.39 is 18.6 Å². The van der Waals surface area contributed by atoms with Gasteiger partial charge in [0, 0.05) is 31.8 Å². The number of amides is 1. The Hall–Kier alpha value is -3.84. The van der Waals surface area contributed by atoms with Gasteiger partial charge in [0.15, 0.2) is 6.10 Å². The van der Waals surface area contributed by atoms with Crippen LogP contribution in [0.1, 0.15) is 29.9 Å². The molecule has 2 unspecified atom stereocenters. The first-order valence-electron chi connectivity index (χ1n) is 11.4. The third-order valence-corrected chi connectivity index (χ3v) is 6.41. The van der Waals surface area contributed by atoms with Crippen LogP contribution in [-0.2, 0) is 11.8 Å². The minimum absolute atomic E-state index is 0.104. The van der Waals surface area contributed by atoms with Gasteiger partial charge in [-0.25, -0.2) is 13.8 Å². The number of nitrogens with zero attached hydrogens (tertiary/aromatic N) is 4. The van der Waals surface area contributed by atoms with Crippen molar-refractivity contribution in [2.24, 2.45) is 13.0 Å². The number of hydrogen-bond acceptors (Lipinski definition) is 6. The number of halogens is 2. The Morgan fingerprint density at radius 2 is 2.14 bits per heavy atom. The van der Waals surface area contributed by atoms with Crippen molar-refractivity contribution in [3.8, 4) is 22.9 Å². The van der Waals surface area contributed by atoms with Gasteiger partial charge in [-0.2, -0.15) is 10.4 Å². The molecule has 1 aliphatic heterocycles. The van der Waals surface area contributed by atoms with Crippen molar-refractivity contribution in [3.05, 3.63) is 60.0 Å². The fraction of sp³-hybridized carbons (Fsp3) is 0.360. The molecular formula is C25H24F2N6O2. The summed E-state index contributed by atoms with van der Waals surface area (Å²) in [7, 11) is 1.84. The van der Waals surface area contributed by atoms with Crippen LogP contribution in [0.4, 0.5) is 14.6 Å². The number of rotatable bonds is 6. The van der Waals surface area contributed by atoms with Gasteiger partial charge < -0.3 is 15.4 Å². The normalized spacial score (nSPS) is 22.7. The van der Waals surface area contributed by atoms with Crippen LogP contribution in [0.3, 0.4) is 0 Å². The molecular weight excluding hydrogens is 454 g/mol. The van der Waals surface area contributed by atoms with Gasteiger partial charge in [-0.05, 0) is 59.8 Å². The zero-order chi connectivity index (χ0) is 24.6. The van der Waals surface area contributed by atoms with E-state index in [9.17, 15) is 18.8 Å². The molecule has 2 aromatic heterocycles. The summed E-state index contributed by atoms with van der Waals surface area (Å²) < 4.78 is 35.6. The predicted octanol–water partition coefficient (Wildman–Crippen LogP) is 3.47. The topological polar surface area (TPSA) is 105 Å². The Kier molecular flexibility index (Phi) is 5.94. The summed E-state index contributed by atoms with van der Waals surface area (Å²) >= 11 is 0. The number of nitrogens with one attached hydrogen (secondary N) is 2. The molecule has 10 heteroatoms. The summed E-state index contributed by atoms with van der Waals surface area (Å²) in [5, 5.41) is 19.3. The first-order valence-corrected chi connectivity index (χ1v) is 11.4. The number of pyridine rings is 1. The largest absolute Gasteiger partial charge is 0.483 e. The maximum Gasteiger partial charge on any atom is 0.296 e. The number of aromatic nitrogens is 3. The van der Waals surface area contributed by atoms with E-state index in [1.807, 2.05) is 19.3 Å². The van der Waals surface area contributed by atoms with Crippen molar-refractivity contribution in [1.29, 1.82) is 5.26 Å². The van der Waals surface area contributed by atoms with E-state index in [0.717, 1.165) is 17.5 Å². The number of benzene rings is 1. The van der Waals surface area contributed by atoms with Crippen LogP contribution in [0.25, 0.3) is 11.1 Å². The molecule has 2 aliphatic rings. The predicted molar refractivity (Wildman–Crippen MR) is 124 cm³/mol. The highest BCUT2D eigenvalue weighted by molar-refractivity contribution is 5.95. The second kappa shape index (κ2) is 9.07. The van der Waals surface area contributed by atoms with Gasteiger partial charge in [0.05, 0.1) is 18.3 Å². The highest BCUT2D eigenvalue weighted by Gasteiger charge is 2.45. The van der Waals surface area contributed by atoms with E-state index in [4.69, 9.17) is 4.74 Å². The number of anilines is 1. The van der Waals surface area contributed by atoms with Crippen LogP contribution in [0.5, 0.6) is 5.75 Å². The van der Waals surface area contributed by atoms with Crippen molar-refractivity contribution in [1.82, 2.24) is 20.1 Å². The molecule has 0 radical (unpaired) electrons. The standard InChI is InChI=1S/C25H24F2N6O2/c1-33-13-18(12-31-33)19-10-20(19)24(34)32-23-9-16(4-7-30-23)15-2-3-21(17(8-15)11-28)35-22-5-6-29-14-25(22,26)27/h2-4,7-9,12-13,19-20,22,29H,5-6,10,14H2,1H3,(H,30,32,34)/t19?,20?,22-/m0/s1. The molecule has 3 heterocycles. The monoisotopic (exact) mass is 478 g/mol. The summed E-state index contributed by atoms with van der Waals surface area (Å²) in [6.45, 7) is -0.0252. The SMILES string of the molecule is Cn1cc(C2CC2C(=O)Nc2cc(-c3ccc(O[C@H]4CCNCC4(F)F)c(C#N)c3)ccn2)cn1. The zero-order valence-electron chi connectivity index (χ0n) is 19.0. The van der Waals surface area contributed by atoms with E-state index in [1.54, 1.807) is 41.3 Å². The molecule has 35 heavy (non-hydrogen) atoms. The molecule has 0 spiro atoms. The molecule has 1 aliphatic carbocycles. The number of hydrogen-bond donors (Lipinski definition) is 2. The number of piperidine rings is 1. The lowest BCUT2D eigenvalue weighted by molar-refractivity contribution is -0.117. The molecule has 5 rings (SSSR count). The highest BCUT2D eigenvalue weighted by atomic mass is 19.3. The van der Waals surface area contributed by atoms with E-state index >= 15 is 0 Å². The fourth-order valence-electron chi connectivity index (χ4n) is 4.39. The molecule has 180 valence electrons. The lowest BCUT2D eigenvalue weighted by Crippen LogP contribution is -2.52. The maximum absolute atomic E-state index is 14.1. The maximum atomic E-state index is 14.1. The van der Waals surface area contributed by atoms with E-state index in [-0.39, 0.29) is 35.5 Å². The zero-order valence-corrected chi connectivity index (χ0v) is 19.0. The minimum atomic E-state index is -3.01. The second-order valence-electron chi connectivity index (χ2n) is 8.97. The Balaban J connectivity index is 1.29. The van der Waals surface area contributed by atoms with Crippen molar-refractivity contribution < 1.29 is 18.3 Å². The Morgan fingerprint density at radius 1 is 1.31 bits per heavy atom. The van der Waals surface area contributed by atoms with Crippen LogP contribution < -0.4 is 15.4 Å². The number of carbonyl (C=O) groups is 1. The van der Waals surface area contributed by atoms with Crippen molar-refractivity contribution in [3.63, 3.8) is 0 Å². The van der Waals surface area contributed by atoms with Crippen molar-refractivity contribution in [2.75, 3.05) is 18.4 Å². The third-order valence-electron chi connectivity index (χ3n) is 6.41. The molecule has 2 fully saturated rings. The number of alkyl halides is 2. The third kappa shape index (κ3) is 4.86. The van der Waals surface area contributed by atoms with Crippen LogP contribution >= 0.6 is 0 Å². The number of aryl methyl sites for hydroxylation is 1. The van der Waals surface area contributed by atoms with Gasteiger partial charge in [-0.15, -0.1) is 0 Å². The van der Waals surface area contributed by atoms with E-state index in [2.05, 4.69) is 20.7 Å². The van der Waals surface area contributed by atoms with Crippen LogP contribution in [0.2, 0.25) is 0 Å². The Bertz CT molecular complexity index is 1300. The van der Waals surface area contributed by atoms with Gasteiger partial charge in [0.2, 0.25) is 5.91 Å². The first-order chi connectivity index (χ1) is 16.8. The van der Waals surface area contributed by atoms with E-state index in [0.29, 0.717) is 17.9 Å². The summed E-state index contributed by atoms with van der Waals surface area (Å²) in [6.07, 6.45) is 4.90. The van der Waals surface area contributed by atoms with Crippen LogP contribution in [0.15, 0.2) is 48.9 Å². The van der Waals surface area contributed by atoms with Crippen molar-refractivity contribution in [2.45, 2.75) is 30.8 Å². The number of ether oxygens (including phenoxy) is 1. The highest BCUT2D eigenvalue weighted by Crippen LogP contribution is 2.47. The van der Waals surface area contributed by atoms with Gasteiger partial charge in [0.1, 0.15) is 17.6 Å². The fourth-order valence-corrected chi connectivity index (χ4v) is 4.39. The van der Waals surface area contributed by atoms with E-state index in [1.165, 1.54) is 6.07 Å². The lowest BCUT2D eigenvalue weighted by atomic mass is 10.0. The molecule has 1 amide bonds. The van der Waals surface area contributed by atoms with Crippen LogP contribution in [-0.4, -0.2) is 45.8 Å². The Labute approximate surface area is 200 Å². The quantitative estimate of drug-likeness (QED) is 0.562. The average molecular weight is 479 g/mol. The Morgan fingerprint density at radius 3 is 2.89 bits per heavy atom. The molecule has 3 atom stereocenters. The van der Waals surface area contributed by atoms with Gasteiger partial charge in [-0.1, -0.05) is 6.07 Å². The molecule has 8 nitrogen and oxygen atoms in total. The first kappa shape index (κ1) is 22.9. The molecule has 3 aromatic rings. The molecule has 2 N–H and O–H groups in total.